The van der Waals surface area contributed by atoms with Crippen molar-refractivity contribution in [2.75, 3.05) is 4.90 Å². The number of fused-ring (bicyclic) bond motifs is 4. The summed E-state index contributed by atoms with van der Waals surface area (Å²) < 4.78 is 0. The van der Waals surface area contributed by atoms with Crippen LogP contribution in [0.2, 0.25) is 20.1 Å². The number of hydrogen-bond donors (Lipinski definition) is 0. The first-order valence-electron chi connectivity index (χ1n) is 7.32. The van der Waals surface area contributed by atoms with Gasteiger partial charge in [0.2, 0.25) is 0 Å². The molecule has 0 N–H and O–H groups in total. The van der Waals surface area contributed by atoms with E-state index in [1.165, 1.54) is 4.90 Å². The Hall–Kier alpha value is -1.78. The molecule has 0 saturated heterocycles. The van der Waals surface area contributed by atoms with E-state index in [4.69, 9.17) is 46.4 Å². The summed E-state index contributed by atoms with van der Waals surface area (Å²) in [5, 5.41) is 2.34. The van der Waals surface area contributed by atoms with Gasteiger partial charge >= 0.3 is 0 Å². The molecule has 5 rings (SSSR count). The summed E-state index contributed by atoms with van der Waals surface area (Å²) in [7, 11) is 0. The normalized spacial score (nSPS) is 14.6. The minimum absolute atomic E-state index is 0.0663. The molecular formula is C18H6Cl4N2O. The highest BCUT2D eigenvalue weighted by Gasteiger charge is 2.43. The molecule has 0 unspecified atom stereocenters. The van der Waals surface area contributed by atoms with E-state index in [2.05, 4.69) is 4.99 Å². The van der Waals surface area contributed by atoms with Gasteiger partial charge in [-0.1, -0.05) is 70.7 Å². The van der Waals surface area contributed by atoms with E-state index in [1.807, 2.05) is 36.4 Å². The molecule has 0 atom stereocenters. The Morgan fingerprint density at radius 3 is 2.16 bits per heavy atom. The van der Waals surface area contributed by atoms with E-state index in [-0.39, 0.29) is 31.6 Å². The van der Waals surface area contributed by atoms with Crippen molar-refractivity contribution in [2.45, 2.75) is 0 Å². The van der Waals surface area contributed by atoms with Crippen molar-refractivity contribution in [3.8, 4) is 0 Å². The van der Waals surface area contributed by atoms with Gasteiger partial charge in [-0.25, -0.2) is 4.99 Å². The predicted octanol–water partition coefficient (Wildman–Crippen LogP) is 6.51. The fraction of sp³-hybridized carbons (Fsp3) is 0. The molecule has 3 aromatic rings. The lowest BCUT2D eigenvalue weighted by Crippen LogP contribution is -2.31. The third-order valence-corrected chi connectivity index (χ3v) is 6.25. The van der Waals surface area contributed by atoms with Crippen LogP contribution in [0.15, 0.2) is 41.4 Å². The first-order valence-corrected chi connectivity index (χ1v) is 8.83. The highest BCUT2D eigenvalue weighted by Crippen LogP contribution is 2.49. The van der Waals surface area contributed by atoms with Crippen molar-refractivity contribution in [2.24, 2.45) is 4.99 Å². The number of carbonyl (C=O) groups is 1. The molecule has 0 saturated carbocycles. The Morgan fingerprint density at radius 2 is 1.44 bits per heavy atom. The predicted molar refractivity (Wildman–Crippen MR) is 103 cm³/mol. The van der Waals surface area contributed by atoms with E-state index >= 15 is 0 Å². The molecule has 0 spiro atoms. The van der Waals surface area contributed by atoms with Crippen molar-refractivity contribution in [1.82, 2.24) is 0 Å². The highest BCUT2D eigenvalue weighted by atomic mass is 35.5. The summed E-state index contributed by atoms with van der Waals surface area (Å²) in [6, 6.07) is 11.5. The van der Waals surface area contributed by atoms with Gasteiger partial charge in [0, 0.05) is 5.39 Å². The Bertz CT molecular complexity index is 1160. The van der Waals surface area contributed by atoms with Crippen LogP contribution in [0.4, 0.5) is 11.4 Å². The lowest BCUT2D eigenvalue weighted by molar-refractivity contribution is 0.101. The molecule has 122 valence electrons. The number of hydrogen-bond acceptors (Lipinski definition) is 2. The second-order valence-corrected chi connectivity index (χ2v) is 7.25. The van der Waals surface area contributed by atoms with Crippen molar-refractivity contribution in [3.63, 3.8) is 0 Å². The van der Waals surface area contributed by atoms with Crippen LogP contribution >= 0.6 is 46.4 Å². The Kier molecular flexibility index (Phi) is 3.17. The van der Waals surface area contributed by atoms with E-state index in [0.717, 1.165) is 22.1 Å². The van der Waals surface area contributed by atoms with Gasteiger partial charge < -0.3 is 0 Å². The van der Waals surface area contributed by atoms with Gasteiger partial charge in [0.05, 0.1) is 42.6 Å². The van der Waals surface area contributed by atoms with Crippen molar-refractivity contribution >= 4 is 80.3 Å². The van der Waals surface area contributed by atoms with Crippen LogP contribution in [0.3, 0.4) is 0 Å². The molecule has 3 aromatic carbocycles. The highest BCUT2D eigenvalue weighted by molar-refractivity contribution is 6.57. The fourth-order valence-corrected chi connectivity index (χ4v) is 4.40. The Morgan fingerprint density at radius 1 is 0.800 bits per heavy atom. The maximum absolute atomic E-state index is 13.1. The minimum atomic E-state index is -0.318. The summed E-state index contributed by atoms with van der Waals surface area (Å²) in [5.41, 5.74) is 2.14. The van der Waals surface area contributed by atoms with E-state index in [9.17, 15) is 4.79 Å². The molecule has 2 aliphatic rings. The van der Waals surface area contributed by atoms with Crippen LogP contribution in [-0.4, -0.2) is 11.7 Å². The van der Waals surface area contributed by atoms with Gasteiger partial charge in [-0.05, 0) is 17.5 Å². The number of halogens is 4. The SMILES string of the molecule is O=C1c2c(Cl)c(Cl)c(Cl)c(Cl)c2C2=Nc3cccc4cccc(c34)N12. The fourth-order valence-electron chi connectivity index (χ4n) is 3.39. The number of benzene rings is 3. The smallest absolute Gasteiger partial charge is 0.266 e. The number of anilines is 1. The molecule has 0 aliphatic carbocycles. The molecule has 0 bridgehead atoms. The van der Waals surface area contributed by atoms with Crippen molar-refractivity contribution in [3.05, 3.63) is 67.6 Å². The summed E-state index contributed by atoms with van der Waals surface area (Å²) in [4.78, 5) is 19.3. The van der Waals surface area contributed by atoms with Gasteiger partial charge in [0.25, 0.3) is 5.91 Å². The van der Waals surface area contributed by atoms with Crippen LogP contribution in [0.25, 0.3) is 10.8 Å². The van der Waals surface area contributed by atoms with E-state index in [1.54, 1.807) is 0 Å². The lowest BCUT2D eigenvalue weighted by atomic mass is 10.0. The molecule has 0 fully saturated rings. The van der Waals surface area contributed by atoms with Crippen molar-refractivity contribution in [1.29, 1.82) is 0 Å². The zero-order valence-corrected chi connectivity index (χ0v) is 15.3. The van der Waals surface area contributed by atoms with Gasteiger partial charge in [-0.2, -0.15) is 0 Å². The number of aliphatic imine (C=N–C) groups is 1. The average molecular weight is 408 g/mol. The maximum atomic E-state index is 13.1. The van der Waals surface area contributed by atoms with E-state index < -0.39 is 0 Å². The molecule has 3 nitrogen and oxygen atoms in total. The number of rotatable bonds is 0. The van der Waals surface area contributed by atoms with Gasteiger partial charge in [0.1, 0.15) is 0 Å². The molecule has 0 aromatic heterocycles. The zero-order valence-electron chi connectivity index (χ0n) is 12.3. The number of carbonyl (C=O) groups excluding carboxylic acids is 1. The molecule has 25 heavy (non-hydrogen) atoms. The summed E-state index contributed by atoms with van der Waals surface area (Å²) in [6.45, 7) is 0. The number of nitrogens with zero attached hydrogens (tertiary/aromatic N) is 2. The second-order valence-electron chi connectivity index (χ2n) is 5.73. The summed E-state index contributed by atoms with van der Waals surface area (Å²) >= 11 is 25.0. The largest absolute Gasteiger partial charge is 0.268 e. The Labute approximate surface area is 162 Å². The van der Waals surface area contributed by atoms with Gasteiger partial charge in [-0.3, -0.25) is 9.69 Å². The van der Waals surface area contributed by atoms with Crippen LogP contribution in [0.5, 0.6) is 0 Å². The third-order valence-electron chi connectivity index (χ3n) is 4.45. The molecule has 0 radical (unpaired) electrons. The number of amidine groups is 1. The average Bonchev–Trinajstić information content (AvgIpc) is 2.91. The molecule has 2 heterocycles. The minimum Gasteiger partial charge on any atom is -0.268 e. The van der Waals surface area contributed by atoms with Crippen molar-refractivity contribution < 1.29 is 4.79 Å². The molecule has 1 amide bonds. The van der Waals surface area contributed by atoms with Crippen LogP contribution in [0.1, 0.15) is 15.9 Å². The first kappa shape index (κ1) is 15.5. The number of amides is 1. The molecular weight excluding hydrogens is 402 g/mol. The topological polar surface area (TPSA) is 32.7 Å². The van der Waals surface area contributed by atoms with Crippen LogP contribution in [0, 0.1) is 0 Å². The van der Waals surface area contributed by atoms with Gasteiger partial charge in [0.15, 0.2) is 5.84 Å². The molecule has 7 heteroatoms. The summed E-state index contributed by atoms with van der Waals surface area (Å²) in [5.74, 6) is 0.0953. The van der Waals surface area contributed by atoms with Crippen LogP contribution in [-0.2, 0) is 0 Å². The first-order chi connectivity index (χ1) is 12.0. The zero-order chi connectivity index (χ0) is 17.5. The van der Waals surface area contributed by atoms with Crippen LogP contribution < -0.4 is 4.90 Å². The maximum Gasteiger partial charge on any atom is 0.266 e. The lowest BCUT2D eigenvalue weighted by Gasteiger charge is -2.24. The quantitative estimate of drug-likeness (QED) is 0.309. The summed E-state index contributed by atoms with van der Waals surface area (Å²) in [6.07, 6.45) is 0. The standard InChI is InChI=1S/C18H6Cl4N2O/c19-13-11-12(14(20)16(22)15(13)21)18(25)24-9-6-2-4-7-3-1-5-8(10(7)9)23-17(11)24/h1-6H. The van der Waals surface area contributed by atoms with Gasteiger partial charge in [-0.15, -0.1) is 0 Å². The molecule has 2 aliphatic heterocycles. The Balaban J connectivity index is 1.93. The second kappa shape index (κ2) is 5.12. The van der Waals surface area contributed by atoms with E-state index in [0.29, 0.717) is 11.4 Å². The third kappa shape index (κ3) is 1.84. The monoisotopic (exact) mass is 406 g/mol.